The van der Waals surface area contributed by atoms with Crippen LogP contribution in [0.4, 0.5) is 0 Å². The molecule has 0 unspecified atom stereocenters. The van der Waals surface area contributed by atoms with Gasteiger partial charge in [-0.15, -0.1) is 0 Å². The predicted octanol–water partition coefficient (Wildman–Crippen LogP) is 4.70. The first kappa shape index (κ1) is 17.1. The molecule has 0 aliphatic carbocycles. The third-order valence-corrected chi connectivity index (χ3v) is 5.51. The molecule has 6 nitrogen and oxygen atoms in total. The molecule has 142 valence electrons. The Hall–Kier alpha value is -2.99. The molecule has 1 fully saturated rings. The molecule has 7 heteroatoms. The predicted molar refractivity (Wildman–Crippen MR) is 103 cm³/mol. The molecule has 1 saturated heterocycles. The van der Waals surface area contributed by atoms with Gasteiger partial charge in [-0.3, -0.25) is 4.79 Å². The second kappa shape index (κ2) is 6.87. The van der Waals surface area contributed by atoms with E-state index in [9.17, 15) is 4.79 Å². The van der Waals surface area contributed by atoms with Crippen LogP contribution < -0.4 is 9.47 Å². The van der Waals surface area contributed by atoms with Gasteiger partial charge in [-0.1, -0.05) is 35.0 Å². The van der Waals surface area contributed by atoms with Crippen LogP contribution in [0.5, 0.6) is 11.5 Å². The second-order valence-electron chi connectivity index (χ2n) is 6.82. The number of fused-ring (bicyclic) bond motifs is 1. The third kappa shape index (κ3) is 2.90. The zero-order valence-electron chi connectivity index (χ0n) is 14.9. The van der Waals surface area contributed by atoms with Gasteiger partial charge in [-0.05, 0) is 42.7 Å². The van der Waals surface area contributed by atoms with E-state index in [-0.39, 0.29) is 24.4 Å². The van der Waals surface area contributed by atoms with E-state index in [1.54, 1.807) is 6.07 Å². The maximum Gasteiger partial charge on any atom is 0.276 e. The Balaban J connectivity index is 1.41. The van der Waals surface area contributed by atoms with Crippen molar-refractivity contribution < 1.29 is 18.8 Å². The van der Waals surface area contributed by atoms with Crippen LogP contribution in [-0.2, 0) is 0 Å². The van der Waals surface area contributed by atoms with Crippen molar-refractivity contribution >= 4 is 17.5 Å². The standard InChI is InChI=1S/C21H17ClN2O4/c22-15-5-2-1-4-14(15)17-6-3-9-24(17)21(25)16-11-19(28-23-16)13-7-8-18-20(10-13)27-12-26-18/h1-2,4-5,7-8,10-11,17H,3,6,9,12H2/t17-/m0/s1. The smallest absolute Gasteiger partial charge is 0.276 e. The summed E-state index contributed by atoms with van der Waals surface area (Å²) in [6.45, 7) is 0.873. The van der Waals surface area contributed by atoms with Gasteiger partial charge in [0.2, 0.25) is 6.79 Å². The quantitative estimate of drug-likeness (QED) is 0.642. The van der Waals surface area contributed by atoms with E-state index in [1.807, 2.05) is 47.4 Å². The van der Waals surface area contributed by atoms with E-state index in [4.69, 9.17) is 25.6 Å². The molecule has 28 heavy (non-hydrogen) atoms. The molecule has 1 amide bonds. The second-order valence-corrected chi connectivity index (χ2v) is 7.23. The van der Waals surface area contributed by atoms with E-state index in [2.05, 4.69) is 5.16 Å². The number of carbonyl (C=O) groups is 1. The molecule has 0 saturated carbocycles. The highest BCUT2D eigenvalue weighted by molar-refractivity contribution is 6.31. The largest absolute Gasteiger partial charge is 0.454 e. The molecule has 0 bridgehead atoms. The first-order valence-electron chi connectivity index (χ1n) is 9.13. The van der Waals surface area contributed by atoms with Gasteiger partial charge in [-0.2, -0.15) is 0 Å². The van der Waals surface area contributed by atoms with Gasteiger partial charge in [0, 0.05) is 23.2 Å². The lowest BCUT2D eigenvalue weighted by molar-refractivity contribution is 0.0725. The molecule has 2 aliphatic rings. The fraction of sp³-hybridized carbons (Fsp3) is 0.238. The van der Waals surface area contributed by atoms with Gasteiger partial charge < -0.3 is 18.9 Å². The van der Waals surface area contributed by atoms with Gasteiger partial charge in [0.05, 0.1) is 6.04 Å². The van der Waals surface area contributed by atoms with E-state index in [1.165, 1.54) is 0 Å². The van der Waals surface area contributed by atoms with Crippen molar-refractivity contribution in [3.05, 3.63) is 64.8 Å². The Morgan fingerprint density at radius 3 is 2.86 bits per heavy atom. The summed E-state index contributed by atoms with van der Waals surface area (Å²) in [7, 11) is 0. The fourth-order valence-electron chi connectivity index (χ4n) is 3.79. The molecule has 5 rings (SSSR count). The molecule has 0 N–H and O–H groups in total. The van der Waals surface area contributed by atoms with Crippen LogP contribution in [0.1, 0.15) is 34.9 Å². The number of halogens is 1. The highest BCUT2D eigenvalue weighted by Gasteiger charge is 2.33. The maximum absolute atomic E-state index is 13.1. The normalized spacial score (nSPS) is 17.9. The minimum Gasteiger partial charge on any atom is -0.454 e. The summed E-state index contributed by atoms with van der Waals surface area (Å²) in [5.74, 6) is 1.70. The van der Waals surface area contributed by atoms with Crippen molar-refractivity contribution in [3.63, 3.8) is 0 Å². The first-order valence-corrected chi connectivity index (χ1v) is 9.50. The number of rotatable bonds is 3. The lowest BCUT2D eigenvalue weighted by Gasteiger charge is -2.24. The number of ether oxygens (including phenoxy) is 2. The minimum absolute atomic E-state index is 0.0492. The molecule has 3 aromatic rings. The van der Waals surface area contributed by atoms with E-state index < -0.39 is 0 Å². The summed E-state index contributed by atoms with van der Waals surface area (Å²) in [6, 6.07) is 14.8. The number of carbonyl (C=O) groups excluding carboxylic acids is 1. The van der Waals surface area contributed by atoms with E-state index >= 15 is 0 Å². The topological polar surface area (TPSA) is 64.8 Å². The number of aromatic nitrogens is 1. The van der Waals surface area contributed by atoms with Gasteiger partial charge in [-0.25, -0.2) is 0 Å². The van der Waals surface area contributed by atoms with Gasteiger partial charge in [0.15, 0.2) is 23.0 Å². The van der Waals surface area contributed by atoms with Gasteiger partial charge in [0.25, 0.3) is 5.91 Å². The number of benzene rings is 2. The van der Waals surface area contributed by atoms with Crippen molar-refractivity contribution in [1.29, 1.82) is 0 Å². The molecular formula is C21H17ClN2O4. The molecule has 3 heterocycles. The zero-order valence-corrected chi connectivity index (χ0v) is 15.7. The highest BCUT2D eigenvalue weighted by Crippen LogP contribution is 2.38. The van der Waals surface area contributed by atoms with Crippen LogP contribution >= 0.6 is 11.6 Å². The molecular weight excluding hydrogens is 380 g/mol. The summed E-state index contributed by atoms with van der Waals surface area (Å²) < 4.78 is 16.2. The van der Waals surface area contributed by atoms with Crippen molar-refractivity contribution in [2.45, 2.75) is 18.9 Å². The summed E-state index contributed by atoms with van der Waals surface area (Å²) >= 11 is 6.36. The summed E-state index contributed by atoms with van der Waals surface area (Å²) in [5, 5.41) is 4.68. The Morgan fingerprint density at radius 1 is 1.11 bits per heavy atom. The summed E-state index contributed by atoms with van der Waals surface area (Å²) in [5.41, 5.74) is 2.03. The molecule has 2 aliphatic heterocycles. The molecule has 0 spiro atoms. The average Bonchev–Trinajstić information content (AvgIpc) is 3.47. The van der Waals surface area contributed by atoms with Crippen molar-refractivity contribution in [2.75, 3.05) is 13.3 Å². The number of amides is 1. The Labute approximate surface area is 166 Å². The number of hydrogen-bond acceptors (Lipinski definition) is 5. The lowest BCUT2D eigenvalue weighted by atomic mass is 10.0. The minimum atomic E-state index is -0.154. The summed E-state index contributed by atoms with van der Waals surface area (Å²) in [6.07, 6.45) is 1.80. The van der Waals surface area contributed by atoms with Crippen LogP contribution in [0.3, 0.4) is 0 Å². The van der Waals surface area contributed by atoms with Gasteiger partial charge in [0.1, 0.15) is 0 Å². The first-order chi connectivity index (χ1) is 13.7. The third-order valence-electron chi connectivity index (χ3n) is 5.16. The Bertz CT molecular complexity index is 1050. The van der Waals surface area contributed by atoms with E-state index in [0.717, 1.165) is 24.0 Å². The average molecular weight is 397 g/mol. The van der Waals surface area contributed by atoms with E-state index in [0.29, 0.717) is 28.8 Å². The van der Waals surface area contributed by atoms with Crippen LogP contribution in [-0.4, -0.2) is 29.3 Å². The Kier molecular flexibility index (Phi) is 4.20. The monoisotopic (exact) mass is 396 g/mol. The van der Waals surface area contributed by atoms with Crippen LogP contribution in [0.2, 0.25) is 5.02 Å². The van der Waals surface area contributed by atoms with Crippen LogP contribution in [0, 0.1) is 0 Å². The van der Waals surface area contributed by atoms with Crippen LogP contribution in [0.25, 0.3) is 11.3 Å². The number of hydrogen-bond donors (Lipinski definition) is 0. The number of nitrogens with zero attached hydrogens (tertiary/aromatic N) is 2. The van der Waals surface area contributed by atoms with Crippen molar-refractivity contribution in [2.24, 2.45) is 0 Å². The zero-order chi connectivity index (χ0) is 19.1. The lowest BCUT2D eigenvalue weighted by Crippen LogP contribution is -2.30. The molecule has 2 aromatic carbocycles. The highest BCUT2D eigenvalue weighted by atomic mass is 35.5. The molecule has 1 atom stereocenters. The summed E-state index contributed by atoms with van der Waals surface area (Å²) in [4.78, 5) is 14.9. The fourth-order valence-corrected chi connectivity index (χ4v) is 4.05. The molecule has 0 radical (unpaired) electrons. The van der Waals surface area contributed by atoms with Gasteiger partial charge >= 0.3 is 0 Å². The SMILES string of the molecule is O=C(c1cc(-c2ccc3c(c2)OCO3)on1)N1CCC[C@H]1c1ccccc1Cl. The van der Waals surface area contributed by atoms with Crippen LogP contribution in [0.15, 0.2) is 53.1 Å². The van der Waals surface area contributed by atoms with Crippen molar-refractivity contribution in [3.8, 4) is 22.8 Å². The Morgan fingerprint density at radius 2 is 1.96 bits per heavy atom. The molecule has 1 aromatic heterocycles. The maximum atomic E-state index is 13.1. The number of likely N-dealkylation sites (tertiary alicyclic amines) is 1. The van der Waals surface area contributed by atoms with Crippen molar-refractivity contribution in [1.82, 2.24) is 10.1 Å².